The Morgan fingerprint density at radius 3 is 2.74 bits per heavy atom. The summed E-state index contributed by atoms with van der Waals surface area (Å²) < 4.78 is 0. The molecule has 0 saturated carbocycles. The Balaban J connectivity index is 1.73. The first-order chi connectivity index (χ1) is 11.2. The number of aliphatic hydroxyl groups excluding tert-OH is 1. The Labute approximate surface area is 133 Å². The summed E-state index contributed by atoms with van der Waals surface area (Å²) in [6, 6.07) is 11.3. The predicted octanol–water partition coefficient (Wildman–Crippen LogP) is 2.78. The summed E-state index contributed by atoms with van der Waals surface area (Å²) in [7, 11) is 1.95. The van der Waals surface area contributed by atoms with Gasteiger partial charge in [-0.1, -0.05) is 12.1 Å². The van der Waals surface area contributed by atoms with Crippen LogP contribution in [-0.4, -0.2) is 27.1 Å². The first kappa shape index (κ1) is 13.7. The third-order valence-corrected chi connectivity index (χ3v) is 3.92. The van der Waals surface area contributed by atoms with Crippen molar-refractivity contribution < 1.29 is 5.11 Å². The Morgan fingerprint density at radius 1 is 1.04 bits per heavy atom. The highest BCUT2D eigenvalue weighted by Crippen LogP contribution is 2.41. The van der Waals surface area contributed by atoms with E-state index in [-0.39, 0.29) is 0 Å². The van der Waals surface area contributed by atoms with Crippen molar-refractivity contribution in [3.63, 3.8) is 0 Å². The zero-order chi connectivity index (χ0) is 15.8. The summed E-state index contributed by atoms with van der Waals surface area (Å²) in [4.78, 5) is 14.8. The minimum absolute atomic E-state index is 0.622. The molecule has 0 amide bonds. The van der Waals surface area contributed by atoms with Gasteiger partial charge in [-0.2, -0.15) is 0 Å². The van der Waals surface area contributed by atoms with Gasteiger partial charge in [0.1, 0.15) is 6.10 Å². The predicted molar refractivity (Wildman–Crippen MR) is 88.1 cm³/mol. The smallest absolute Gasteiger partial charge is 0.176 e. The average molecular weight is 305 g/mol. The topological polar surface area (TPSA) is 74.2 Å². The number of benzene rings is 1. The molecule has 0 fully saturated rings. The van der Waals surface area contributed by atoms with Crippen molar-refractivity contribution in [2.24, 2.45) is 0 Å². The molecule has 6 heteroatoms. The second kappa shape index (κ2) is 5.33. The van der Waals surface area contributed by atoms with E-state index in [1.807, 2.05) is 48.3 Å². The third-order valence-electron chi connectivity index (χ3n) is 3.92. The van der Waals surface area contributed by atoms with Crippen LogP contribution in [0.3, 0.4) is 0 Å². The highest BCUT2D eigenvalue weighted by Gasteiger charge is 2.23. The molecule has 6 nitrogen and oxygen atoms in total. The zero-order valence-electron chi connectivity index (χ0n) is 12.5. The quantitative estimate of drug-likeness (QED) is 0.758. The van der Waals surface area contributed by atoms with Crippen LogP contribution in [0.2, 0.25) is 0 Å². The summed E-state index contributed by atoms with van der Waals surface area (Å²) in [6.45, 7) is 0. The number of pyridine rings is 1. The minimum Gasteiger partial charge on any atom is -0.382 e. The van der Waals surface area contributed by atoms with Gasteiger partial charge in [-0.05, 0) is 29.8 Å². The number of nitrogens with zero attached hydrogens (tertiary/aromatic N) is 4. The molecule has 1 aliphatic rings. The molecule has 3 heterocycles. The Bertz CT molecular complexity index is 853. The van der Waals surface area contributed by atoms with Gasteiger partial charge in [0, 0.05) is 25.6 Å². The molecule has 0 bridgehead atoms. The second-order valence-electron chi connectivity index (χ2n) is 5.35. The van der Waals surface area contributed by atoms with Crippen LogP contribution in [0.5, 0.6) is 0 Å². The van der Waals surface area contributed by atoms with Crippen molar-refractivity contribution in [2.45, 2.75) is 6.10 Å². The van der Waals surface area contributed by atoms with Gasteiger partial charge < -0.3 is 15.3 Å². The van der Waals surface area contributed by atoms with E-state index in [4.69, 9.17) is 0 Å². The van der Waals surface area contributed by atoms with Crippen molar-refractivity contribution in [1.29, 1.82) is 0 Å². The lowest BCUT2D eigenvalue weighted by Gasteiger charge is -2.29. The number of aromatic nitrogens is 3. The molecule has 0 spiro atoms. The van der Waals surface area contributed by atoms with Crippen LogP contribution < -0.4 is 10.2 Å². The van der Waals surface area contributed by atoms with Gasteiger partial charge in [0.15, 0.2) is 11.6 Å². The molecular formula is C17H15N5O. The van der Waals surface area contributed by atoms with E-state index in [1.165, 1.54) is 0 Å². The lowest BCUT2D eigenvalue weighted by atomic mass is 10.0. The molecule has 114 valence electrons. The number of hydrogen-bond donors (Lipinski definition) is 2. The Kier molecular flexibility index (Phi) is 3.17. The second-order valence-corrected chi connectivity index (χ2v) is 5.35. The lowest BCUT2D eigenvalue weighted by molar-refractivity contribution is 0.215. The molecule has 0 aliphatic carbocycles. The van der Waals surface area contributed by atoms with Gasteiger partial charge in [-0.25, -0.2) is 9.97 Å². The van der Waals surface area contributed by atoms with Crippen LogP contribution in [0.1, 0.15) is 17.4 Å². The van der Waals surface area contributed by atoms with Crippen molar-refractivity contribution in [2.75, 3.05) is 17.3 Å². The molecule has 1 aromatic carbocycles. The number of rotatable bonds is 2. The summed E-state index contributed by atoms with van der Waals surface area (Å²) in [5.74, 6) is 1.48. The van der Waals surface area contributed by atoms with Crippen LogP contribution in [0.15, 0.2) is 55.0 Å². The minimum atomic E-state index is -0.767. The molecule has 1 aliphatic heterocycles. The standard InChI is InChI=1S/C17H15N5O/c1-22-14-6-5-11(15(23)12-4-2-3-7-18-12)10-13(14)21-16-17(22)20-9-8-19-16/h2-10,15,23H,1H3,(H,19,21). The van der Waals surface area contributed by atoms with Gasteiger partial charge in [-0.15, -0.1) is 0 Å². The maximum atomic E-state index is 10.5. The van der Waals surface area contributed by atoms with E-state index in [1.54, 1.807) is 18.6 Å². The van der Waals surface area contributed by atoms with Crippen LogP contribution in [0, 0.1) is 0 Å². The van der Waals surface area contributed by atoms with E-state index in [9.17, 15) is 5.11 Å². The van der Waals surface area contributed by atoms with E-state index >= 15 is 0 Å². The first-order valence-corrected chi connectivity index (χ1v) is 7.29. The Hall–Kier alpha value is -2.99. The van der Waals surface area contributed by atoms with Crippen molar-refractivity contribution in [1.82, 2.24) is 15.0 Å². The maximum Gasteiger partial charge on any atom is 0.176 e. The SMILES string of the molecule is CN1c2ccc(C(O)c3ccccn3)cc2Nc2nccnc21. The van der Waals surface area contributed by atoms with Crippen LogP contribution in [-0.2, 0) is 0 Å². The molecule has 4 rings (SSSR count). The first-order valence-electron chi connectivity index (χ1n) is 7.29. The molecule has 2 aromatic heterocycles. The number of anilines is 4. The van der Waals surface area contributed by atoms with E-state index < -0.39 is 6.10 Å². The van der Waals surface area contributed by atoms with Gasteiger partial charge in [0.2, 0.25) is 0 Å². The van der Waals surface area contributed by atoms with Crippen molar-refractivity contribution in [3.8, 4) is 0 Å². The molecule has 3 aromatic rings. The normalized spacial score (nSPS) is 13.7. The van der Waals surface area contributed by atoms with Crippen molar-refractivity contribution in [3.05, 3.63) is 66.2 Å². The number of aliphatic hydroxyl groups is 1. The monoisotopic (exact) mass is 305 g/mol. The summed E-state index contributed by atoms with van der Waals surface area (Å²) in [5, 5.41) is 13.8. The summed E-state index contributed by atoms with van der Waals surface area (Å²) in [5.41, 5.74) is 3.26. The number of fused-ring (bicyclic) bond motifs is 2. The molecule has 1 atom stereocenters. The largest absolute Gasteiger partial charge is 0.382 e. The van der Waals surface area contributed by atoms with Crippen molar-refractivity contribution >= 4 is 23.0 Å². The molecule has 0 radical (unpaired) electrons. The fourth-order valence-electron chi connectivity index (χ4n) is 2.73. The molecular weight excluding hydrogens is 290 g/mol. The molecule has 2 N–H and O–H groups in total. The fraction of sp³-hybridized carbons (Fsp3) is 0.118. The van der Waals surface area contributed by atoms with Crippen LogP contribution in [0.4, 0.5) is 23.0 Å². The van der Waals surface area contributed by atoms with E-state index in [2.05, 4.69) is 20.3 Å². The summed E-state index contributed by atoms with van der Waals surface area (Å²) >= 11 is 0. The average Bonchev–Trinajstić information content (AvgIpc) is 2.61. The highest BCUT2D eigenvalue weighted by atomic mass is 16.3. The van der Waals surface area contributed by atoms with Crippen LogP contribution in [0.25, 0.3) is 0 Å². The maximum absolute atomic E-state index is 10.5. The van der Waals surface area contributed by atoms with Gasteiger partial charge in [-0.3, -0.25) is 4.98 Å². The third kappa shape index (κ3) is 2.29. The lowest BCUT2D eigenvalue weighted by Crippen LogP contribution is -2.20. The van der Waals surface area contributed by atoms with Gasteiger partial charge in [0.05, 0.1) is 17.1 Å². The van der Waals surface area contributed by atoms with Gasteiger partial charge in [0.25, 0.3) is 0 Å². The number of nitrogens with one attached hydrogen (secondary N) is 1. The molecule has 23 heavy (non-hydrogen) atoms. The molecule has 0 saturated heterocycles. The highest BCUT2D eigenvalue weighted by molar-refractivity contribution is 5.88. The van der Waals surface area contributed by atoms with E-state index in [0.717, 1.165) is 22.8 Å². The molecule has 1 unspecified atom stereocenters. The fourth-order valence-corrected chi connectivity index (χ4v) is 2.73. The van der Waals surface area contributed by atoms with E-state index in [0.29, 0.717) is 11.5 Å². The number of hydrogen-bond acceptors (Lipinski definition) is 6. The zero-order valence-corrected chi connectivity index (χ0v) is 12.5. The van der Waals surface area contributed by atoms with Gasteiger partial charge >= 0.3 is 0 Å². The Morgan fingerprint density at radius 2 is 1.91 bits per heavy atom. The summed E-state index contributed by atoms with van der Waals surface area (Å²) in [6.07, 6.45) is 4.23. The van der Waals surface area contributed by atoms with Crippen LogP contribution >= 0.6 is 0 Å².